The van der Waals surface area contributed by atoms with E-state index >= 15 is 0 Å². The molecule has 0 saturated carbocycles. The van der Waals surface area contributed by atoms with Gasteiger partial charge in [-0.2, -0.15) is 0 Å². The third-order valence-electron chi connectivity index (χ3n) is 18.9. The SMILES string of the molecule is Clc1nc(-c2cccc3oc4ccccc4c23)nc2c1oc1ccccc12.[C+]1=Cc2cc3c(cc2C=C1)-c1cc2ccccc2cc1C3.c1ccc2cc3c(cc2c1)c1cc2ccccc2cc1n3-c1nc(-c2cccc3oc4ccccc4c23)nc2c1oc1ccccc12. The lowest BCUT2D eigenvalue weighted by atomic mass is 9.95. The molecule has 2 aliphatic rings. The van der Waals surface area contributed by atoms with Crippen LogP contribution in [0.15, 0.2) is 279 Å². The van der Waals surface area contributed by atoms with Crippen LogP contribution in [-0.4, -0.2) is 24.5 Å². The molecule has 0 saturated heterocycles. The number of rotatable bonds is 3. The Balaban J connectivity index is 0.000000108. The molecule has 442 valence electrons. The Hall–Kier alpha value is -12.5. The molecule has 0 amide bonds. The van der Waals surface area contributed by atoms with Crippen molar-refractivity contribution < 1.29 is 17.7 Å². The Kier molecular flexibility index (Phi) is 11.6. The molecular formula is C85H47ClN5O4+. The van der Waals surface area contributed by atoms with Crippen molar-refractivity contribution in [3.05, 3.63) is 294 Å². The Morgan fingerprint density at radius 2 is 0.789 bits per heavy atom. The number of aromatic nitrogens is 5. The van der Waals surface area contributed by atoms with Gasteiger partial charge in [-0.05, 0) is 146 Å². The molecule has 0 spiro atoms. The first-order chi connectivity index (χ1) is 47.0. The highest BCUT2D eigenvalue weighted by Crippen LogP contribution is 2.45. The molecule has 10 heteroatoms. The topological polar surface area (TPSA) is 109 Å². The smallest absolute Gasteiger partial charge is 0.197 e. The predicted octanol–water partition coefficient (Wildman–Crippen LogP) is 23.2. The van der Waals surface area contributed by atoms with Gasteiger partial charge in [-0.3, -0.25) is 4.57 Å². The van der Waals surface area contributed by atoms with Crippen molar-refractivity contribution in [3.8, 4) is 39.7 Å². The second-order valence-electron chi connectivity index (χ2n) is 24.4. The summed E-state index contributed by atoms with van der Waals surface area (Å²) in [6.45, 7) is 0. The normalized spacial score (nSPS) is 12.5. The number of para-hydroxylation sites is 4. The molecule has 7 heterocycles. The summed E-state index contributed by atoms with van der Waals surface area (Å²) in [7, 11) is 0. The fourth-order valence-electron chi connectivity index (χ4n) is 14.6. The van der Waals surface area contributed by atoms with E-state index in [-0.39, 0.29) is 0 Å². The lowest BCUT2D eigenvalue weighted by molar-refractivity contribution is 0.662. The van der Waals surface area contributed by atoms with Gasteiger partial charge in [0.2, 0.25) is 0 Å². The average molecular weight is 1240 g/mol. The van der Waals surface area contributed by atoms with Gasteiger partial charge in [0.05, 0.1) is 28.2 Å². The molecule has 0 fully saturated rings. The maximum absolute atomic E-state index is 6.65. The van der Waals surface area contributed by atoms with E-state index in [4.69, 9.17) is 44.2 Å². The first kappa shape index (κ1) is 53.2. The van der Waals surface area contributed by atoms with Gasteiger partial charge in [-0.1, -0.05) is 175 Å². The highest BCUT2D eigenvalue weighted by Gasteiger charge is 2.27. The van der Waals surface area contributed by atoms with E-state index in [9.17, 15) is 0 Å². The van der Waals surface area contributed by atoms with Gasteiger partial charge in [-0.15, -0.1) is 0 Å². The zero-order valence-electron chi connectivity index (χ0n) is 50.4. The standard InChI is InChI=1S/C42H23N3O2.C22H11ClN2O2.C21H13/c1-3-12-26-22-33-31(20-24(26)10-1)32-21-25-11-2-4-13-27(25)23-34(32)45(33)42-40-39(29-15-6-8-18-36(29)47-40)43-41(44-42)30-16-9-19-37-38(30)28-14-5-7-17-35(28)46-37;23-21-20-19(13-7-2-4-10-16(13)27-20)24-22(25-21)14-8-5-11-17-18(14)12-6-1-3-9-15(12)26-17;1-3-7-16-12-20-18(9-14(16)5-1)11-19-10-15-6-2-4-8-17(15)13-21(19)20/h1-23H;1-11H;1,3-10,12-13H,11H2/q;;+1. The Morgan fingerprint density at radius 1 is 0.347 bits per heavy atom. The van der Waals surface area contributed by atoms with Crippen LogP contribution in [-0.2, 0) is 6.42 Å². The summed E-state index contributed by atoms with van der Waals surface area (Å²) in [5, 5.41) is 15.9. The van der Waals surface area contributed by atoms with Gasteiger partial charge in [-0.25, -0.2) is 19.9 Å². The fraction of sp³-hybridized carbons (Fsp3) is 0.0118. The van der Waals surface area contributed by atoms with Crippen molar-refractivity contribution in [2.75, 3.05) is 0 Å². The number of benzene rings is 13. The van der Waals surface area contributed by atoms with Crippen molar-refractivity contribution >= 4 is 166 Å². The van der Waals surface area contributed by atoms with E-state index < -0.39 is 0 Å². The largest absolute Gasteiger partial charge is 0.456 e. The third-order valence-corrected chi connectivity index (χ3v) is 19.2. The molecular weight excluding hydrogens is 1190 g/mol. The van der Waals surface area contributed by atoms with E-state index in [1.54, 1.807) is 0 Å². The van der Waals surface area contributed by atoms with Crippen LogP contribution < -0.4 is 0 Å². The molecule has 0 unspecified atom stereocenters. The lowest BCUT2D eigenvalue weighted by Gasteiger charge is -2.11. The number of halogens is 1. The minimum atomic E-state index is 0.302. The van der Waals surface area contributed by atoms with Crippen molar-refractivity contribution in [3.63, 3.8) is 0 Å². The van der Waals surface area contributed by atoms with Crippen molar-refractivity contribution in [1.29, 1.82) is 0 Å². The lowest BCUT2D eigenvalue weighted by Crippen LogP contribution is -2.02. The maximum Gasteiger partial charge on any atom is 0.197 e. The van der Waals surface area contributed by atoms with Gasteiger partial charge in [0.15, 0.2) is 33.8 Å². The van der Waals surface area contributed by atoms with Crippen molar-refractivity contribution in [2.24, 2.45) is 0 Å². The molecule has 9 nitrogen and oxygen atoms in total. The van der Waals surface area contributed by atoms with E-state index in [2.05, 4.69) is 167 Å². The molecule has 7 aromatic heterocycles. The Labute approximate surface area is 545 Å². The summed E-state index contributed by atoms with van der Waals surface area (Å²) >= 11 is 6.46. The summed E-state index contributed by atoms with van der Waals surface area (Å²) in [4.78, 5) is 20.0. The summed E-state index contributed by atoms with van der Waals surface area (Å²) in [6.07, 6.45) is 10.4. The van der Waals surface area contributed by atoms with E-state index in [1.165, 1.54) is 65.7 Å². The van der Waals surface area contributed by atoms with Crippen LogP contribution in [0, 0.1) is 6.08 Å². The van der Waals surface area contributed by atoms with E-state index in [1.807, 2.05) is 121 Å². The second kappa shape index (κ2) is 20.7. The van der Waals surface area contributed by atoms with Crippen LogP contribution in [0.3, 0.4) is 0 Å². The Morgan fingerprint density at radius 3 is 1.37 bits per heavy atom. The zero-order chi connectivity index (χ0) is 62.4. The van der Waals surface area contributed by atoms with Crippen LogP contribution >= 0.6 is 11.6 Å². The zero-order valence-corrected chi connectivity index (χ0v) is 51.2. The fourth-order valence-corrected chi connectivity index (χ4v) is 14.8. The highest BCUT2D eigenvalue weighted by atomic mass is 35.5. The molecule has 0 bridgehead atoms. The molecule has 0 N–H and O–H groups in total. The summed E-state index contributed by atoms with van der Waals surface area (Å²) in [6, 6.07) is 88.1. The third kappa shape index (κ3) is 8.40. The first-order valence-corrected chi connectivity index (χ1v) is 32.0. The molecule has 0 aliphatic heterocycles. The maximum atomic E-state index is 6.65. The van der Waals surface area contributed by atoms with Crippen LogP contribution in [0.2, 0.25) is 5.15 Å². The minimum Gasteiger partial charge on any atom is -0.456 e. The predicted molar refractivity (Wildman–Crippen MR) is 387 cm³/mol. The highest BCUT2D eigenvalue weighted by molar-refractivity contribution is 6.34. The molecule has 0 radical (unpaired) electrons. The number of hydrogen-bond donors (Lipinski definition) is 0. The molecule has 0 atom stereocenters. The molecule has 13 aromatic carbocycles. The van der Waals surface area contributed by atoms with Gasteiger partial charge >= 0.3 is 0 Å². The summed E-state index contributed by atoms with van der Waals surface area (Å²) < 4.78 is 27.0. The van der Waals surface area contributed by atoms with Crippen LogP contribution in [0.5, 0.6) is 0 Å². The quantitative estimate of drug-likeness (QED) is 0.127. The monoisotopic (exact) mass is 1240 g/mol. The Bertz CT molecular complexity index is 6650. The summed E-state index contributed by atoms with van der Waals surface area (Å²) in [5.74, 6) is 1.88. The molecule has 22 rings (SSSR count). The number of furan rings is 4. The second-order valence-corrected chi connectivity index (χ2v) is 24.8. The van der Waals surface area contributed by atoms with Gasteiger partial charge in [0.1, 0.15) is 56.7 Å². The number of allylic oxidation sites excluding steroid dienone is 2. The van der Waals surface area contributed by atoms with E-state index in [0.29, 0.717) is 39.3 Å². The molecule has 95 heavy (non-hydrogen) atoms. The number of nitrogens with zero attached hydrogens (tertiary/aromatic N) is 5. The molecule has 2 aliphatic carbocycles. The van der Waals surface area contributed by atoms with Crippen LogP contribution in [0.25, 0.3) is 194 Å². The minimum absolute atomic E-state index is 0.302. The molecule has 20 aromatic rings. The van der Waals surface area contributed by atoms with Gasteiger partial charge in [0.25, 0.3) is 0 Å². The van der Waals surface area contributed by atoms with Gasteiger partial charge in [0, 0.05) is 66.4 Å². The average Bonchev–Trinajstić information content (AvgIpc) is 1.58. The van der Waals surface area contributed by atoms with Crippen molar-refractivity contribution in [1.82, 2.24) is 24.5 Å². The van der Waals surface area contributed by atoms with Crippen LogP contribution in [0.1, 0.15) is 22.3 Å². The first-order valence-electron chi connectivity index (χ1n) is 31.6. The van der Waals surface area contributed by atoms with Crippen molar-refractivity contribution in [2.45, 2.75) is 6.42 Å². The number of hydrogen-bond acceptors (Lipinski definition) is 8. The van der Waals surface area contributed by atoms with Gasteiger partial charge < -0.3 is 17.7 Å². The van der Waals surface area contributed by atoms with E-state index in [0.717, 1.165) is 111 Å². The number of fused-ring (bicyclic) bond motifs is 22. The van der Waals surface area contributed by atoms with Crippen LogP contribution in [0.4, 0.5) is 0 Å². The summed E-state index contributed by atoms with van der Waals surface area (Å²) in [5.41, 5.74) is 19.6.